The van der Waals surface area contributed by atoms with E-state index in [2.05, 4.69) is 0 Å². The fourth-order valence-electron chi connectivity index (χ4n) is 1.97. The maximum Gasteiger partial charge on any atom is 0.323 e. The Balaban J connectivity index is 3.14. The standard InChI is InChI=1S/C15H21NO5/c1-10(2)8-16(9-14(17)18)15(19)12-7-11(20-3)5-6-13(12)21-4/h5-7,10H,8-9H2,1-4H3,(H,17,18). The van der Waals surface area contributed by atoms with Gasteiger partial charge in [-0.2, -0.15) is 0 Å². The largest absolute Gasteiger partial charge is 0.497 e. The van der Waals surface area contributed by atoms with Gasteiger partial charge in [-0.05, 0) is 24.1 Å². The molecule has 1 rings (SSSR count). The Hall–Kier alpha value is -2.24. The summed E-state index contributed by atoms with van der Waals surface area (Å²) in [6.07, 6.45) is 0. The zero-order chi connectivity index (χ0) is 16.0. The zero-order valence-electron chi connectivity index (χ0n) is 12.8. The Morgan fingerprint density at radius 1 is 1.24 bits per heavy atom. The van der Waals surface area contributed by atoms with Gasteiger partial charge in [-0.15, -0.1) is 0 Å². The number of methoxy groups -OCH3 is 2. The molecule has 0 saturated heterocycles. The third-order valence-electron chi connectivity index (χ3n) is 2.84. The fraction of sp³-hybridized carbons (Fsp3) is 0.467. The molecular formula is C15H21NO5. The first-order valence-electron chi connectivity index (χ1n) is 6.62. The highest BCUT2D eigenvalue weighted by molar-refractivity contribution is 5.98. The molecule has 0 aliphatic carbocycles. The minimum absolute atomic E-state index is 0.157. The maximum absolute atomic E-state index is 12.6. The fourth-order valence-corrected chi connectivity index (χ4v) is 1.97. The normalized spacial score (nSPS) is 10.3. The highest BCUT2D eigenvalue weighted by Gasteiger charge is 2.23. The van der Waals surface area contributed by atoms with E-state index >= 15 is 0 Å². The summed E-state index contributed by atoms with van der Waals surface area (Å²) in [5.74, 6) is -0.378. The summed E-state index contributed by atoms with van der Waals surface area (Å²) < 4.78 is 10.3. The summed E-state index contributed by atoms with van der Waals surface area (Å²) >= 11 is 0. The molecule has 0 bridgehead atoms. The molecule has 0 spiro atoms. The number of ether oxygens (including phenoxy) is 2. The zero-order valence-corrected chi connectivity index (χ0v) is 12.8. The minimum Gasteiger partial charge on any atom is -0.497 e. The molecule has 1 aromatic rings. The van der Waals surface area contributed by atoms with Crippen molar-refractivity contribution in [2.24, 2.45) is 5.92 Å². The Bertz CT molecular complexity index is 513. The number of carboxylic acids is 1. The van der Waals surface area contributed by atoms with Crippen LogP contribution in [0, 0.1) is 5.92 Å². The van der Waals surface area contributed by atoms with Crippen molar-refractivity contribution in [3.8, 4) is 11.5 Å². The number of carbonyl (C=O) groups excluding carboxylic acids is 1. The van der Waals surface area contributed by atoms with Crippen LogP contribution in [0.2, 0.25) is 0 Å². The van der Waals surface area contributed by atoms with Crippen LogP contribution in [-0.4, -0.2) is 49.2 Å². The van der Waals surface area contributed by atoms with Crippen molar-refractivity contribution in [2.45, 2.75) is 13.8 Å². The molecule has 0 aromatic heterocycles. The number of amides is 1. The lowest BCUT2D eigenvalue weighted by Crippen LogP contribution is -2.38. The van der Waals surface area contributed by atoms with Gasteiger partial charge in [-0.1, -0.05) is 13.8 Å². The molecule has 0 radical (unpaired) electrons. The van der Waals surface area contributed by atoms with Crippen LogP contribution in [0.15, 0.2) is 18.2 Å². The van der Waals surface area contributed by atoms with Gasteiger partial charge in [0.2, 0.25) is 0 Å². The number of hydrogen-bond donors (Lipinski definition) is 1. The Kier molecular flexibility index (Phi) is 6.02. The van der Waals surface area contributed by atoms with Crippen molar-refractivity contribution in [2.75, 3.05) is 27.3 Å². The van der Waals surface area contributed by atoms with Crippen LogP contribution in [0.25, 0.3) is 0 Å². The molecule has 0 aliphatic rings. The van der Waals surface area contributed by atoms with Crippen molar-refractivity contribution < 1.29 is 24.2 Å². The predicted molar refractivity (Wildman–Crippen MR) is 77.9 cm³/mol. The van der Waals surface area contributed by atoms with Gasteiger partial charge in [-0.25, -0.2) is 0 Å². The number of benzene rings is 1. The van der Waals surface area contributed by atoms with Crippen LogP contribution < -0.4 is 9.47 Å². The van der Waals surface area contributed by atoms with E-state index in [1.165, 1.54) is 19.1 Å². The average Bonchev–Trinajstić information content (AvgIpc) is 2.44. The predicted octanol–water partition coefficient (Wildman–Crippen LogP) is 1.89. The molecule has 0 unspecified atom stereocenters. The lowest BCUT2D eigenvalue weighted by molar-refractivity contribution is -0.137. The minimum atomic E-state index is -1.05. The first-order valence-corrected chi connectivity index (χ1v) is 6.62. The van der Waals surface area contributed by atoms with Crippen LogP contribution in [-0.2, 0) is 4.79 Å². The van der Waals surface area contributed by atoms with Crippen molar-refractivity contribution in [3.63, 3.8) is 0 Å². The summed E-state index contributed by atoms with van der Waals surface area (Å²) in [6, 6.07) is 4.86. The number of carbonyl (C=O) groups is 2. The monoisotopic (exact) mass is 295 g/mol. The van der Waals surface area contributed by atoms with Crippen molar-refractivity contribution in [1.29, 1.82) is 0 Å². The van der Waals surface area contributed by atoms with Crippen LogP contribution in [0.4, 0.5) is 0 Å². The van der Waals surface area contributed by atoms with Crippen LogP contribution in [0.1, 0.15) is 24.2 Å². The summed E-state index contributed by atoms with van der Waals surface area (Å²) in [5, 5.41) is 8.97. The molecule has 0 heterocycles. The van der Waals surface area contributed by atoms with Gasteiger partial charge >= 0.3 is 5.97 Å². The van der Waals surface area contributed by atoms with Gasteiger partial charge < -0.3 is 19.5 Å². The first-order chi connectivity index (χ1) is 9.88. The van der Waals surface area contributed by atoms with E-state index < -0.39 is 5.97 Å². The van der Waals surface area contributed by atoms with Crippen molar-refractivity contribution in [3.05, 3.63) is 23.8 Å². The smallest absolute Gasteiger partial charge is 0.323 e. The summed E-state index contributed by atoms with van der Waals surface area (Å²) in [7, 11) is 2.96. The topological polar surface area (TPSA) is 76.1 Å². The lowest BCUT2D eigenvalue weighted by atomic mass is 10.1. The lowest BCUT2D eigenvalue weighted by Gasteiger charge is -2.23. The summed E-state index contributed by atoms with van der Waals surface area (Å²) in [4.78, 5) is 24.8. The van der Waals surface area contributed by atoms with Gasteiger partial charge in [0.05, 0.1) is 19.8 Å². The molecule has 0 aliphatic heterocycles. The molecule has 6 nitrogen and oxygen atoms in total. The third kappa shape index (κ3) is 4.66. The van der Waals surface area contributed by atoms with Gasteiger partial charge in [0.1, 0.15) is 18.0 Å². The van der Waals surface area contributed by atoms with Crippen LogP contribution >= 0.6 is 0 Å². The number of hydrogen-bond acceptors (Lipinski definition) is 4. The van der Waals surface area contributed by atoms with Gasteiger partial charge in [0, 0.05) is 6.54 Å². The van der Waals surface area contributed by atoms with E-state index in [0.717, 1.165) is 0 Å². The second-order valence-electron chi connectivity index (χ2n) is 5.04. The molecule has 116 valence electrons. The second-order valence-corrected chi connectivity index (χ2v) is 5.04. The average molecular weight is 295 g/mol. The highest BCUT2D eigenvalue weighted by atomic mass is 16.5. The van der Waals surface area contributed by atoms with Gasteiger partial charge in [0.25, 0.3) is 5.91 Å². The first kappa shape index (κ1) is 16.8. The molecule has 0 saturated carbocycles. The summed E-state index contributed by atoms with van der Waals surface area (Å²) in [6.45, 7) is 3.85. The molecular weight excluding hydrogens is 274 g/mol. The molecule has 0 fully saturated rings. The van der Waals surface area contributed by atoms with Crippen LogP contribution in [0.5, 0.6) is 11.5 Å². The SMILES string of the molecule is COc1ccc(OC)c(C(=O)N(CC(=O)O)CC(C)C)c1. The van der Waals surface area contributed by atoms with E-state index in [-0.39, 0.29) is 18.4 Å². The summed E-state index contributed by atoms with van der Waals surface area (Å²) in [5.41, 5.74) is 0.291. The van der Waals surface area contributed by atoms with Gasteiger partial charge in [-0.3, -0.25) is 9.59 Å². The molecule has 1 aromatic carbocycles. The number of aliphatic carboxylic acids is 1. The van der Waals surface area contributed by atoms with E-state index in [4.69, 9.17) is 14.6 Å². The highest BCUT2D eigenvalue weighted by Crippen LogP contribution is 2.25. The van der Waals surface area contributed by atoms with Crippen LogP contribution in [0.3, 0.4) is 0 Å². The van der Waals surface area contributed by atoms with Gasteiger partial charge in [0.15, 0.2) is 0 Å². The van der Waals surface area contributed by atoms with E-state index in [9.17, 15) is 9.59 Å². The maximum atomic E-state index is 12.6. The number of nitrogens with zero attached hydrogens (tertiary/aromatic N) is 1. The molecule has 6 heteroatoms. The van der Waals surface area contributed by atoms with E-state index in [1.54, 1.807) is 18.2 Å². The number of rotatable bonds is 7. The molecule has 1 N–H and O–H groups in total. The third-order valence-corrected chi connectivity index (χ3v) is 2.84. The second kappa shape index (κ2) is 7.52. The van der Waals surface area contributed by atoms with Crippen molar-refractivity contribution in [1.82, 2.24) is 4.90 Å². The van der Waals surface area contributed by atoms with E-state index in [1.807, 2.05) is 13.8 Å². The molecule has 1 amide bonds. The Morgan fingerprint density at radius 2 is 1.90 bits per heavy atom. The molecule has 0 atom stereocenters. The molecule has 21 heavy (non-hydrogen) atoms. The Labute approximate surface area is 124 Å². The van der Waals surface area contributed by atoms with E-state index in [0.29, 0.717) is 23.6 Å². The number of carboxylic acid groups (broad SMARTS) is 1. The Morgan fingerprint density at radius 3 is 2.38 bits per heavy atom. The quantitative estimate of drug-likeness (QED) is 0.831. The van der Waals surface area contributed by atoms with Crippen molar-refractivity contribution >= 4 is 11.9 Å².